The van der Waals surface area contributed by atoms with Gasteiger partial charge in [0.2, 0.25) is 11.8 Å². The van der Waals surface area contributed by atoms with E-state index in [4.69, 9.17) is 25.8 Å². The van der Waals surface area contributed by atoms with Crippen LogP contribution in [0.2, 0.25) is 0 Å². The molecule has 168 valence electrons. The average Bonchev–Trinajstić information content (AvgIpc) is 2.85. The van der Waals surface area contributed by atoms with Crippen LogP contribution in [-0.2, 0) is 0 Å². The van der Waals surface area contributed by atoms with Gasteiger partial charge in [0.1, 0.15) is 0 Å². The third-order valence-electron chi connectivity index (χ3n) is 5.81. The molecule has 0 atom stereocenters. The molecule has 1 aliphatic carbocycles. The van der Waals surface area contributed by atoms with Gasteiger partial charge in [0.15, 0.2) is 0 Å². The number of anilines is 1. The number of aromatic nitrogens is 2. The Kier molecular flexibility index (Phi) is 6.52. The summed E-state index contributed by atoms with van der Waals surface area (Å²) in [4.78, 5) is 11.9. The number of hydrogen-bond acceptors (Lipinski definition) is 8. The highest BCUT2D eigenvalue weighted by Crippen LogP contribution is 2.38. The molecule has 4 rings (SSSR count). The molecule has 0 unspecified atom stereocenters. The Balaban J connectivity index is 1.90. The fourth-order valence-corrected chi connectivity index (χ4v) is 3.98. The molecule has 4 N–H and O–H groups in total. The van der Waals surface area contributed by atoms with Crippen molar-refractivity contribution in [2.45, 2.75) is 18.9 Å². The van der Waals surface area contributed by atoms with Gasteiger partial charge < -0.3 is 26.1 Å². The van der Waals surface area contributed by atoms with Gasteiger partial charge in [-0.05, 0) is 42.7 Å². The van der Waals surface area contributed by atoms with Crippen molar-refractivity contribution in [3.05, 3.63) is 65.4 Å². The molecule has 0 saturated carbocycles. The second-order valence-corrected chi connectivity index (χ2v) is 8.01. The Bertz CT molecular complexity index is 1180. The van der Waals surface area contributed by atoms with E-state index < -0.39 is 0 Å². The summed E-state index contributed by atoms with van der Waals surface area (Å²) in [7, 11) is 3.40. The summed E-state index contributed by atoms with van der Waals surface area (Å²) >= 11 is 0. The predicted octanol–water partition coefficient (Wildman–Crippen LogP) is 3.03. The van der Waals surface area contributed by atoms with Gasteiger partial charge in [-0.1, -0.05) is 18.2 Å². The number of methoxy groups -OCH3 is 1. The predicted molar refractivity (Wildman–Crippen MR) is 130 cm³/mol. The number of nitrogens with zero attached hydrogens (tertiary/aromatic N) is 4. The van der Waals surface area contributed by atoms with Crippen LogP contribution in [0.4, 0.5) is 5.95 Å². The molecule has 1 fully saturated rings. The van der Waals surface area contributed by atoms with Gasteiger partial charge in [0.05, 0.1) is 35.7 Å². The molecule has 0 amide bonds. The van der Waals surface area contributed by atoms with Crippen molar-refractivity contribution in [2.24, 2.45) is 5.73 Å². The zero-order valence-electron chi connectivity index (χ0n) is 18.8. The number of nitrogens with one attached hydrogen (secondary N) is 2. The smallest absolute Gasteiger partial charge is 0.229 e. The van der Waals surface area contributed by atoms with Crippen molar-refractivity contribution in [1.82, 2.24) is 15.3 Å². The first-order chi connectivity index (χ1) is 16.0. The van der Waals surface area contributed by atoms with Gasteiger partial charge in [-0.2, -0.15) is 10.2 Å². The minimum atomic E-state index is 0.200. The van der Waals surface area contributed by atoms with Gasteiger partial charge in [0, 0.05) is 43.5 Å². The van der Waals surface area contributed by atoms with Crippen LogP contribution in [0, 0.1) is 16.7 Å². The van der Waals surface area contributed by atoms with Gasteiger partial charge in [-0.25, -0.2) is 4.98 Å². The average molecular weight is 442 g/mol. The molecule has 2 aliphatic rings. The van der Waals surface area contributed by atoms with Gasteiger partial charge >= 0.3 is 0 Å². The fraction of sp³-hybridized carbons (Fsp3) is 0.280. The van der Waals surface area contributed by atoms with E-state index in [2.05, 4.69) is 16.3 Å². The van der Waals surface area contributed by atoms with E-state index in [-0.39, 0.29) is 6.04 Å². The molecule has 1 aromatic heterocycles. The summed E-state index contributed by atoms with van der Waals surface area (Å²) < 4.78 is 5.76. The zero-order valence-corrected chi connectivity index (χ0v) is 18.8. The molecule has 0 spiro atoms. The summed E-state index contributed by atoms with van der Waals surface area (Å²) in [5, 5.41) is 20.4. The fourth-order valence-electron chi connectivity index (χ4n) is 3.98. The number of nitriles is 1. The van der Waals surface area contributed by atoms with E-state index in [1.807, 2.05) is 24.3 Å². The standard InChI is InChI=1S/C25H27N7O/c1-29-15-19-13-18(7-8-21(19)28)22-23(17-5-3-16(14-26)4-6-17)30-25(31-24(22)33-2)32-11-9-20(27)10-12-32/h3-8,13,15,20,28-29H,9-12,27H2,1-2H3/b19-15-,28-21?. The van der Waals surface area contributed by atoms with E-state index in [1.54, 1.807) is 38.6 Å². The summed E-state index contributed by atoms with van der Waals surface area (Å²) in [5.41, 5.74) is 11.0. The number of ether oxygens (including phenoxy) is 1. The first-order valence-electron chi connectivity index (χ1n) is 10.9. The van der Waals surface area contributed by atoms with E-state index in [9.17, 15) is 5.26 Å². The largest absolute Gasteiger partial charge is 0.480 e. The number of benzene rings is 1. The summed E-state index contributed by atoms with van der Waals surface area (Å²) in [6.07, 6.45) is 9.10. The van der Waals surface area contributed by atoms with E-state index in [0.29, 0.717) is 28.8 Å². The summed E-state index contributed by atoms with van der Waals surface area (Å²) in [5.74, 6) is 1.06. The van der Waals surface area contributed by atoms with Crippen LogP contribution in [-0.4, -0.2) is 49.0 Å². The Hall–Kier alpha value is -3.96. The lowest BCUT2D eigenvalue weighted by molar-refractivity contribution is 0.394. The first kappa shape index (κ1) is 22.2. The lowest BCUT2D eigenvalue weighted by atomic mass is 9.93. The highest BCUT2D eigenvalue weighted by molar-refractivity contribution is 6.13. The molecule has 2 heterocycles. The van der Waals surface area contributed by atoms with Crippen LogP contribution in [0.3, 0.4) is 0 Å². The summed E-state index contributed by atoms with van der Waals surface area (Å²) in [6, 6.07) is 9.69. The van der Waals surface area contributed by atoms with Crippen molar-refractivity contribution in [2.75, 3.05) is 32.1 Å². The molecule has 1 aromatic carbocycles. The van der Waals surface area contributed by atoms with Crippen molar-refractivity contribution in [3.8, 4) is 23.2 Å². The van der Waals surface area contributed by atoms with Crippen LogP contribution in [0.15, 0.2) is 54.3 Å². The minimum Gasteiger partial charge on any atom is -0.480 e. The monoisotopic (exact) mass is 441 g/mol. The lowest BCUT2D eigenvalue weighted by Crippen LogP contribution is -2.40. The Morgan fingerprint density at radius 1 is 1.21 bits per heavy atom. The van der Waals surface area contributed by atoms with Crippen molar-refractivity contribution < 1.29 is 4.74 Å². The van der Waals surface area contributed by atoms with Crippen molar-refractivity contribution >= 4 is 17.2 Å². The molecular formula is C25H27N7O. The Morgan fingerprint density at radius 3 is 2.58 bits per heavy atom. The lowest BCUT2D eigenvalue weighted by Gasteiger charge is -2.31. The molecule has 0 radical (unpaired) electrons. The van der Waals surface area contributed by atoms with Gasteiger partial charge in [-0.15, -0.1) is 0 Å². The van der Waals surface area contributed by atoms with E-state index >= 15 is 0 Å². The molecule has 1 saturated heterocycles. The van der Waals surface area contributed by atoms with Crippen LogP contribution in [0.1, 0.15) is 24.0 Å². The molecule has 33 heavy (non-hydrogen) atoms. The number of nitrogens with two attached hydrogens (primary N) is 1. The van der Waals surface area contributed by atoms with Crippen molar-refractivity contribution in [1.29, 1.82) is 10.7 Å². The maximum atomic E-state index is 9.22. The number of rotatable bonds is 5. The summed E-state index contributed by atoms with van der Waals surface area (Å²) in [6.45, 7) is 1.57. The maximum absolute atomic E-state index is 9.22. The molecular weight excluding hydrogens is 414 g/mol. The normalized spacial score (nSPS) is 17.6. The molecule has 8 nitrogen and oxygen atoms in total. The van der Waals surface area contributed by atoms with Crippen LogP contribution in [0.5, 0.6) is 5.88 Å². The molecule has 8 heteroatoms. The Morgan fingerprint density at radius 2 is 1.94 bits per heavy atom. The van der Waals surface area contributed by atoms with Gasteiger partial charge in [0.25, 0.3) is 0 Å². The first-order valence-corrected chi connectivity index (χ1v) is 10.9. The topological polar surface area (TPSA) is 124 Å². The zero-order chi connectivity index (χ0) is 23.4. The van der Waals surface area contributed by atoms with Gasteiger partial charge in [-0.3, -0.25) is 0 Å². The number of piperidine rings is 1. The SMILES string of the molecule is CN/C=C1/C=C(c2c(OC)nc(N3CCC(N)CC3)nc2-c2ccc(C#N)cc2)C=CC1=N. The third kappa shape index (κ3) is 4.64. The van der Waals surface area contributed by atoms with Crippen LogP contribution in [0.25, 0.3) is 16.8 Å². The quantitative estimate of drug-likeness (QED) is 0.651. The second kappa shape index (κ2) is 9.67. The maximum Gasteiger partial charge on any atom is 0.229 e. The molecule has 1 aliphatic heterocycles. The van der Waals surface area contributed by atoms with E-state index in [0.717, 1.165) is 48.2 Å². The highest BCUT2D eigenvalue weighted by atomic mass is 16.5. The second-order valence-electron chi connectivity index (χ2n) is 8.01. The Labute approximate surface area is 193 Å². The van der Waals surface area contributed by atoms with Crippen LogP contribution < -0.4 is 20.7 Å². The van der Waals surface area contributed by atoms with E-state index in [1.165, 1.54) is 0 Å². The van der Waals surface area contributed by atoms with Crippen LogP contribution >= 0.6 is 0 Å². The molecule has 2 aromatic rings. The highest BCUT2D eigenvalue weighted by Gasteiger charge is 2.25. The van der Waals surface area contributed by atoms with Crippen molar-refractivity contribution in [3.63, 3.8) is 0 Å². The minimum absolute atomic E-state index is 0.200. The third-order valence-corrected chi connectivity index (χ3v) is 5.81. The number of allylic oxidation sites excluding steroid dienone is 5. The number of hydrogen-bond donors (Lipinski definition) is 3. The molecule has 0 bridgehead atoms.